The second-order valence-electron chi connectivity index (χ2n) is 8.24. The van der Waals surface area contributed by atoms with Gasteiger partial charge in [-0.05, 0) is 67.9 Å². The molecule has 0 spiro atoms. The number of sulfonamides is 1. The molecular weight excluding hydrogens is 558 g/mol. The van der Waals surface area contributed by atoms with Crippen LogP contribution in [0.1, 0.15) is 19.4 Å². The zero-order valence-electron chi connectivity index (χ0n) is 20.9. The van der Waals surface area contributed by atoms with E-state index in [9.17, 15) is 18.0 Å². The summed E-state index contributed by atoms with van der Waals surface area (Å²) in [5.41, 5.74) is 1.10. The van der Waals surface area contributed by atoms with Crippen molar-refractivity contribution in [2.45, 2.75) is 31.3 Å². The molecule has 0 bridgehead atoms. The third-order valence-corrected chi connectivity index (χ3v) is 8.07. The molecule has 0 aliphatic rings. The summed E-state index contributed by atoms with van der Waals surface area (Å²) in [5.74, 6) is -0.184. The van der Waals surface area contributed by atoms with Crippen LogP contribution in [0.2, 0.25) is 0 Å². The summed E-state index contributed by atoms with van der Waals surface area (Å²) in [6.45, 7) is 3.45. The zero-order valence-corrected chi connectivity index (χ0v) is 23.3. The molecule has 0 saturated carbocycles. The van der Waals surface area contributed by atoms with Gasteiger partial charge in [-0.3, -0.25) is 13.9 Å². The van der Waals surface area contributed by atoms with E-state index >= 15 is 0 Å². The molecule has 3 aromatic carbocycles. The maximum atomic E-state index is 13.8. The van der Waals surface area contributed by atoms with Crippen LogP contribution in [0.5, 0.6) is 5.75 Å². The Morgan fingerprint density at radius 3 is 2.16 bits per heavy atom. The first-order valence-electron chi connectivity index (χ1n) is 11.7. The molecule has 0 radical (unpaired) electrons. The first-order chi connectivity index (χ1) is 17.7. The molecule has 10 heteroatoms. The second kappa shape index (κ2) is 12.7. The van der Waals surface area contributed by atoms with E-state index in [1.165, 1.54) is 17.0 Å². The van der Waals surface area contributed by atoms with Gasteiger partial charge in [-0.15, -0.1) is 0 Å². The van der Waals surface area contributed by atoms with E-state index < -0.39 is 28.5 Å². The Morgan fingerprint density at radius 2 is 1.59 bits per heavy atom. The van der Waals surface area contributed by atoms with Crippen LogP contribution in [-0.4, -0.2) is 51.4 Å². The highest BCUT2D eigenvalue weighted by atomic mass is 79.9. The number of anilines is 1. The molecule has 0 saturated heterocycles. The molecule has 1 atom stereocenters. The lowest BCUT2D eigenvalue weighted by atomic mass is 10.1. The van der Waals surface area contributed by atoms with Gasteiger partial charge in [-0.25, -0.2) is 8.42 Å². The number of ether oxygens (including phenoxy) is 1. The van der Waals surface area contributed by atoms with E-state index in [0.29, 0.717) is 18.0 Å². The van der Waals surface area contributed by atoms with Crippen LogP contribution in [0.3, 0.4) is 0 Å². The number of hydrogen-bond acceptors (Lipinski definition) is 5. The van der Waals surface area contributed by atoms with Crippen LogP contribution in [0.25, 0.3) is 0 Å². The van der Waals surface area contributed by atoms with Gasteiger partial charge in [-0.2, -0.15) is 0 Å². The van der Waals surface area contributed by atoms with E-state index in [0.717, 1.165) is 14.3 Å². The predicted octanol–water partition coefficient (Wildman–Crippen LogP) is 4.21. The van der Waals surface area contributed by atoms with Gasteiger partial charge in [0, 0.05) is 17.6 Å². The van der Waals surface area contributed by atoms with Crippen molar-refractivity contribution in [2.24, 2.45) is 0 Å². The molecule has 0 unspecified atom stereocenters. The topological polar surface area (TPSA) is 96.0 Å². The number of nitrogens with zero attached hydrogens (tertiary/aromatic N) is 2. The molecule has 1 N–H and O–H groups in total. The fourth-order valence-corrected chi connectivity index (χ4v) is 5.39. The largest absolute Gasteiger partial charge is 0.497 e. The predicted molar refractivity (Wildman–Crippen MR) is 147 cm³/mol. The quantitative estimate of drug-likeness (QED) is 0.362. The minimum Gasteiger partial charge on any atom is -0.497 e. The number of methoxy groups -OCH3 is 1. The molecule has 2 amide bonds. The van der Waals surface area contributed by atoms with Crippen LogP contribution in [-0.2, 0) is 26.2 Å². The van der Waals surface area contributed by atoms with Gasteiger partial charge in [-0.1, -0.05) is 46.3 Å². The molecule has 0 fully saturated rings. The van der Waals surface area contributed by atoms with Crippen molar-refractivity contribution in [3.8, 4) is 5.75 Å². The van der Waals surface area contributed by atoms with Crippen LogP contribution < -0.4 is 14.4 Å². The van der Waals surface area contributed by atoms with E-state index in [-0.39, 0.29) is 17.3 Å². The number of hydrogen-bond donors (Lipinski definition) is 1. The van der Waals surface area contributed by atoms with Gasteiger partial charge in [0.1, 0.15) is 18.3 Å². The molecule has 196 valence electrons. The third kappa shape index (κ3) is 7.11. The Hall–Kier alpha value is -3.37. The van der Waals surface area contributed by atoms with Crippen LogP contribution >= 0.6 is 15.9 Å². The van der Waals surface area contributed by atoms with Gasteiger partial charge in [0.25, 0.3) is 10.0 Å². The highest BCUT2D eigenvalue weighted by molar-refractivity contribution is 9.10. The number of nitrogens with one attached hydrogen (secondary N) is 1. The molecule has 0 aliphatic heterocycles. The summed E-state index contributed by atoms with van der Waals surface area (Å²) >= 11 is 3.36. The Bertz CT molecular complexity index is 1300. The maximum Gasteiger partial charge on any atom is 0.264 e. The minimum absolute atomic E-state index is 0.0594. The number of amides is 2. The second-order valence-corrected chi connectivity index (χ2v) is 11.0. The smallest absolute Gasteiger partial charge is 0.264 e. The highest BCUT2D eigenvalue weighted by Crippen LogP contribution is 2.26. The maximum absolute atomic E-state index is 13.8. The van der Waals surface area contributed by atoms with E-state index in [4.69, 9.17) is 4.74 Å². The van der Waals surface area contributed by atoms with Gasteiger partial charge < -0.3 is 15.0 Å². The Kier molecular flexibility index (Phi) is 9.71. The number of carbonyl (C=O) groups is 2. The summed E-state index contributed by atoms with van der Waals surface area (Å²) < 4.78 is 34.4. The number of likely N-dealkylation sites (N-methyl/N-ethyl adjacent to an activating group) is 1. The summed E-state index contributed by atoms with van der Waals surface area (Å²) in [4.78, 5) is 27.9. The van der Waals surface area contributed by atoms with Crippen molar-refractivity contribution >= 4 is 43.5 Å². The lowest BCUT2D eigenvalue weighted by Crippen LogP contribution is -2.51. The van der Waals surface area contributed by atoms with Crippen LogP contribution in [0.4, 0.5) is 5.69 Å². The SMILES string of the molecule is CCNC(=O)[C@H](C)N(Cc1ccc(OC)cc1)C(=O)CN(c1ccc(Br)cc1)S(=O)(=O)c1ccccc1. The van der Waals surface area contributed by atoms with Gasteiger partial charge in [0.05, 0.1) is 17.7 Å². The van der Waals surface area contributed by atoms with Crippen molar-refractivity contribution in [3.63, 3.8) is 0 Å². The fourth-order valence-electron chi connectivity index (χ4n) is 3.69. The van der Waals surface area contributed by atoms with Crippen molar-refractivity contribution < 1.29 is 22.7 Å². The Balaban J connectivity index is 1.99. The normalized spacial score (nSPS) is 11.9. The summed E-state index contributed by atoms with van der Waals surface area (Å²) in [6, 6.07) is 20.9. The van der Waals surface area contributed by atoms with Crippen molar-refractivity contribution in [1.82, 2.24) is 10.2 Å². The molecule has 0 heterocycles. The fraction of sp³-hybridized carbons (Fsp3) is 0.259. The van der Waals surface area contributed by atoms with Gasteiger partial charge in [0.15, 0.2) is 0 Å². The Labute approximate surface area is 226 Å². The Morgan fingerprint density at radius 1 is 0.973 bits per heavy atom. The number of benzene rings is 3. The minimum atomic E-state index is -4.08. The van der Waals surface area contributed by atoms with Gasteiger partial charge in [0.2, 0.25) is 11.8 Å². The summed E-state index contributed by atoms with van der Waals surface area (Å²) in [6.07, 6.45) is 0. The average molecular weight is 589 g/mol. The van der Waals surface area contributed by atoms with Crippen LogP contribution in [0, 0.1) is 0 Å². The summed E-state index contributed by atoms with van der Waals surface area (Å²) in [5, 5.41) is 2.74. The lowest BCUT2D eigenvalue weighted by Gasteiger charge is -2.32. The van der Waals surface area contributed by atoms with Crippen molar-refractivity contribution in [1.29, 1.82) is 0 Å². The molecule has 8 nitrogen and oxygen atoms in total. The highest BCUT2D eigenvalue weighted by Gasteiger charge is 2.32. The standard InChI is InChI=1S/C27H30BrN3O5S/c1-4-29-27(33)20(2)30(18-21-10-16-24(36-3)17-11-21)26(32)19-31(23-14-12-22(28)13-15-23)37(34,35)25-8-6-5-7-9-25/h5-17,20H,4,18-19H2,1-3H3,(H,29,33)/t20-/m0/s1. The van der Waals surface area contributed by atoms with E-state index in [2.05, 4.69) is 21.2 Å². The van der Waals surface area contributed by atoms with E-state index in [1.807, 2.05) is 0 Å². The number of rotatable bonds is 11. The third-order valence-electron chi connectivity index (χ3n) is 5.75. The monoisotopic (exact) mass is 587 g/mol. The first kappa shape index (κ1) is 28.2. The first-order valence-corrected chi connectivity index (χ1v) is 13.9. The molecule has 37 heavy (non-hydrogen) atoms. The van der Waals surface area contributed by atoms with E-state index in [1.54, 1.807) is 87.7 Å². The molecule has 3 aromatic rings. The number of halogens is 1. The average Bonchev–Trinajstić information content (AvgIpc) is 2.91. The zero-order chi connectivity index (χ0) is 27.0. The van der Waals surface area contributed by atoms with Crippen molar-refractivity contribution in [3.05, 3.63) is 88.9 Å². The molecule has 0 aliphatic carbocycles. The van der Waals surface area contributed by atoms with Gasteiger partial charge >= 0.3 is 0 Å². The lowest BCUT2D eigenvalue weighted by molar-refractivity contribution is -0.139. The van der Waals surface area contributed by atoms with Crippen LogP contribution in [0.15, 0.2) is 88.2 Å². The van der Waals surface area contributed by atoms with Crippen molar-refractivity contribution in [2.75, 3.05) is 24.5 Å². The molecular formula is C27H30BrN3O5S. The molecule has 3 rings (SSSR count). The number of carbonyl (C=O) groups excluding carboxylic acids is 2. The summed E-state index contributed by atoms with van der Waals surface area (Å²) in [7, 11) is -2.52. The molecule has 0 aromatic heterocycles.